The molecule has 0 spiro atoms. The van der Waals surface area contributed by atoms with Crippen LogP contribution in [0.15, 0.2) is 29.3 Å². The third-order valence-corrected chi connectivity index (χ3v) is 5.32. The van der Waals surface area contributed by atoms with Gasteiger partial charge in [-0.15, -0.1) is 24.0 Å². The van der Waals surface area contributed by atoms with Crippen LogP contribution in [0.2, 0.25) is 0 Å². The minimum absolute atomic E-state index is 0. The lowest BCUT2D eigenvalue weighted by molar-refractivity contribution is 0.167. The Morgan fingerprint density at radius 2 is 1.92 bits per heavy atom. The maximum absolute atomic E-state index is 4.43. The van der Waals surface area contributed by atoms with Crippen molar-refractivity contribution in [2.24, 2.45) is 4.99 Å². The molecule has 4 nitrogen and oxygen atoms in total. The van der Waals surface area contributed by atoms with Crippen LogP contribution in [0.1, 0.15) is 51.7 Å². The summed E-state index contributed by atoms with van der Waals surface area (Å²) in [5.41, 5.74) is 2.73. The van der Waals surface area contributed by atoms with Crippen LogP contribution in [0.25, 0.3) is 0 Å². The highest BCUT2D eigenvalue weighted by molar-refractivity contribution is 14.0. The Bertz CT molecular complexity index is 575. The van der Waals surface area contributed by atoms with Crippen molar-refractivity contribution in [3.8, 4) is 0 Å². The lowest BCUT2D eigenvalue weighted by Crippen LogP contribution is -2.51. The van der Waals surface area contributed by atoms with Crippen molar-refractivity contribution in [2.45, 2.75) is 65.0 Å². The fourth-order valence-corrected chi connectivity index (χ4v) is 3.42. The Labute approximate surface area is 177 Å². The molecule has 0 radical (unpaired) electrons. The zero-order chi connectivity index (χ0) is 18.4. The highest BCUT2D eigenvalue weighted by Gasteiger charge is 2.23. The molecule has 2 rings (SSSR count). The summed E-state index contributed by atoms with van der Waals surface area (Å²) in [4.78, 5) is 6.98. The van der Waals surface area contributed by atoms with Gasteiger partial charge in [0.15, 0.2) is 5.96 Å². The van der Waals surface area contributed by atoms with Crippen LogP contribution in [-0.4, -0.2) is 49.6 Å². The molecule has 1 aromatic carbocycles. The van der Waals surface area contributed by atoms with Gasteiger partial charge in [-0.05, 0) is 39.2 Å². The van der Waals surface area contributed by atoms with Crippen LogP contribution in [0.5, 0.6) is 0 Å². The fraction of sp³-hybridized carbons (Fsp3) is 0.667. The van der Waals surface area contributed by atoms with Crippen molar-refractivity contribution < 1.29 is 0 Å². The van der Waals surface area contributed by atoms with E-state index >= 15 is 0 Å². The summed E-state index contributed by atoms with van der Waals surface area (Å²) in [5, 5.41) is 7.15. The van der Waals surface area contributed by atoms with Crippen LogP contribution >= 0.6 is 24.0 Å². The maximum Gasteiger partial charge on any atom is 0.191 e. The summed E-state index contributed by atoms with van der Waals surface area (Å²) in [6.07, 6.45) is 2.36. The van der Waals surface area contributed by atoms with Gasteiger partial charge < -0.3 is 15.5 Å². The van der Waals surface area contributed by atoms with Crippen LogP contribution in [-0.2, 0) is 5.41 Å². The molecular formula is C21H37IN4. The molecule has 1 aliphatic heterocycles. The summed E-state index contributed by atoms with van der Waals surface area (Å²) >= 11 is 0. The monoisotopic (exact) mass is 472 g/mol. The van der Waals surface area contributed by atoms with Crippen molar-refractivity contribution in [2.75, 3.05) is 26.7 Å². The van der Waals surface area contributed by atoms with Crippen LogP contribution in [0, 0.1) is 6.92 Å². The lowest BCUT2D eigenvalue weighted by Gasteiger charge is -2.35. The minimum Gasteiger partial charge on any atom is -0.356 e. The first kappa shape index (κ1) is 23.2. The van der Waals surface area contributed by atoms with Gasteiger partial charge in [-0.1, -0.05) is 43.7 Å². The molecule has 0 bridgehead atoms. The molecule has 0 aromatic heterocycles. The molecule has 0 amide bonds. The average molecular weight is 472 g/mol. The minimum atomic E-state index is 0. The highest BCUT2D eigenvalue weighted by Crippen LogP contribution is 2.23. The molecule has 5 heteroatoms. The fourth-order valence-electron chi connectivity index (χ4n) is 3.42. The number of rotatable bonds is 5. The van der Waals surface area contributed by atoms with E-state index in [1.54, 1.807) is 0 Å². The smallest absolute Gasteiger partial charge is 0.191 e. The highest BCUT2D eigenvalue weighted by atomic mass is 127. The quantitative estimate of drug-likeness (QED) is 0.388. The normalized spacial score (nSPS) is 17.1. The van der Waals surface area contributed by atoms with Gasteiger partial charge in [0, 0.05) is 44.2 Å². The molecule has 1 aliphatic rings. The first-order valence-electron chi connectivity index (χ1n) is 9.60. The first-order chi connectivity index (χ1) is 11.8. The number of hydrogen-bond acceptors (Lipinski definition) is 2. The Kier molecular flexibility index (Phi) is 9.38. The van der Waals surface area contributed by atoms with E-state index in [9.17, 15) is 0 Å². The van der Waals surface area contributed by atoms with Gasteiger partial charge >= 0.3 is 0 Å². The third-order valence-electron chi connectivity index (χ3n) is 5.32. The van der Waals surface area contributed by atoms with Crippen LogP contribution in [0.3, 0.4) is 0 Å². The van der Waals surface area contributed by atoms with E-state index < -0.39 is 0 Å². The maximum atomic E-state index is 4.43. The zero-order valence-electron chi connectivity index (χ0n) is 17.3. The summed E-state index contributed by atoms with van der Waals surface area (Å²) in [6, 6.07) is 9.95. The SMILES string of the molecule is CN=C(NCC(C)(C)c1cccc(C)c1)NC1CCN(C(C)C)CC1.I. The van der Waals surface area contributed by atoms with E-state index in [4.69, 9.17) is 0 Å². The molecule has 26 heavy (non-hydrogen) atoms. The molecule has 0 aliphatic carbocycles. The van der Waals surface area contributed by atoms with Crippen molar-refractivity contribution in [3.63, 3.8) is 0 Å². The Balaban J connectivity index is 0.00000338. The number of aryl methyl sites for hydroxylation is 1. The van der Waals surface area contributed by atoms with E-state index in [0.29, 0.717) is 12.1 Å². The summed E-state index contributed by atoms with van der Waals surface area (Å²) in [7, 11) is 1.86. The number of piperidine rings is 1. The number of halogens is 1. The van der Waals surface area contributed by atoms with E-state index in [1.165, 1.54) is 37.1 Å². The van der Waals surface area contributed by atoms with Crippen molar-refractivity contribution in [3.05, 3.63) is 35.4 Å². The van der Waals surface area contributed by atoms with E-state index in [1.807, 2.05) is 7.05 Å². The predicted octanol–water partition coefficient (Wildman–Crippen LogP) is 3.93. The topological polar surface area (TPSA) is 39.7 Å². The first-order valence-corrected chi connectivity index (χ1v) is 9.60. The van der Waals surface area contributed by atoms with Gasteiger partial charge in [-0.3, -0.25) is 4.99 Å². The largest absolute Gasteiger partial charge is 0.356 e. The van der Waals surface area contributed by atoms with Crippen LogP contribution in [0.4, 0.5) is 0 Å². The molecule has 148 valence electrons. The molecule has 1 fully saturated rings. The number of aliphatic imine (C=N–C) groups is 1. The third kappa shape index (κ3) is 6.72. The lowest BCUT2D eigenvalue weighted by atomic mass is 9.84. The molecule has 0 saturated carbocycles. The summed E-state index contributed by atoms with van der Waals surface area (Å²) < 4.78 is 0. The zero-order valence-corrected chi connectivity index (χ0v) is 19.6. The Morgan fingerprint density at radius 1 is 1.27 bits per heavy atom. The molecule has 1 aromatic rings. The van der Waals surface area contributed by atoms with Crippen molar-refractivity contribution in [1.29, 1.82) is 0 Å². The molecule has 0 atom stereocenters. The second-order valence-corrected chi connectivity index (χ2v) is 8.23. The van der Waals surface area contributed by atoms with Crippen molar-refractivity contribution in [1.82, 2.24) is 15.5 Å². The molecule has 0 unspecified atom stereocenters. The standard InChI is InChI=1S/C21H36N4.HI/c1-16(2)25-12-10-19(11-13-25)24-20(22-6)23-15-21(4,5)18-9-7-8-17(3)14-18;/h7-9,14,16,19H,10-13,15H2,1-6H3,(H2,22,23,24);1H. The average Bonchev–Trinajstić information content (AvgIpc) is 2.59. The predicted molar refractivity (Wildman–Crippen MR) is 124 cm³/mol. The molecule has 2 N–H and O–H groups in total. The molecule has 1 saturated heterocycles. The van der Waals surface area contributed by atoms with Gasteiger partial charge in [-0.2, -0.15) is 0 Å². The number of benzene rings is 1. The second kappa shape index (κ2) is 10.5. The number of guanidine groups is 1. The number of nitrogens with one attached hydrogen (secondary N) is 2. The van der Waals surface area contributed by atoms with Gasteiger partial charge in [0.25, 0.3) is 0 Å². The molecular weight excluding hydrogens is 435 g/mol. The Morgan fingerprint density at radius 3 is 2.46 bits per heavy atom. The van der Waals surface area contributed by atoms with Gasteiger partial charge in [-0.25, -0.2) is 0 Å². The number of likely N-dealkylation sites (tertiary alicyclic amines) is 1. The van der Waals surface area contributed by atoms with Crippen LogP contribution < -0.4 is 10.6 Å². The molecule has 1 heterocycles. The number of nitrogens with zero attached hydrogens (tertiary/aromatic N) is 2. The van der Waals surface area contributed by atoms with Gasteiger partial charge in [0.05, 0.1) is 0 Å². The van der Waals surface area contributed by atoms with E-state index in [2.05, 4.69) is 79.4 Å². The van der Waals surface area contributed by atoms with Crippen molar-refractivity contribution >= 4 is 29.9 Å². The van der Waals surface area contributed by atoms with Gasteiger partial charge in [0.1, 0.15) is 0 Å². The summed E-state index contributed by atoms with van der Waals surface area (Å²) in [6.45, 7) is 14.5. The number of hydrogen-bond donors (Lipinski definition) is 2. The second-order valence-electron chi connectivity index (χ2n) is 8.23. The summed E-state index contributed by atoms with van der Waals surface area (Å²) in [5.74, 6) is 0.920. The van der Waals surface area contributed by atoms with E-state index in [0.717, 1.165) is 12.5 Å². The van der Waals surface area contributed by atoms with Gasteiger partial charge in [0.2, 0.25) is 0 Å². The Hall–Kier alpha value is -0.820. The van der Waals surface area contributed by atoms with E-state index in [-0.39, 0.29) is 29.4 Å².